The molecule has 0 aliphatic heterocycles. The Labute approximate surface area is 278 Å². The Hall–Kier alpha value is -6.15. The van der Waals surface area contributed by atoms with Crippen LogP contribution in [0, 0.1) is 6.92 Å². The van der Waals surface area contributed by atoms with Gasteiger partial charge in [-0.05, 0) is 63.9 Å². The van der Waals surface area contributed by atoms with Gasteiger partial charge in [0.25, 0.3) is 0 Å². The van der Waals surface area contributed by atoms with E-state index in [9.17, 15) is 0 Å². The number of hydrogen-bond donors (Lipinski definition) is 1. The number of pyridine rings is 2. The van der Waals surface area contributed by atoms with Crippen molar-refractivity contribution >= 4 is 27.8 Å². The molecule has 0 fully saturated rings. The molecule has 8 nitrogen and oxygen atoms in total. The van der Waals surface area contributed by atoms with Crippen molar-refractivity contribution in [3.8, 4) is 0 Å². The Balaban J connectivity index is 1.23. The van der Waals surface area contributed by atoms with E-state index < -0.39 is 5.54 Å². The molecule has 4 aromatic heterocycles. The van der Waals surface area contributed by atoms with E-state index in [1.54, 1.807) is 0 Å². The molecule has 0 radical (unpaired) electrons. The normalized spacial score (nSPS) is 11.7. The monoisotopic (exact) mass is 626 g/mol. The molecular weight excluding hydrogens is 592 g/mol. The molecule has 4 aromatic carbocycles. The average Bonchev–Trinajstić information content (AvgIpc) is 3.77. The van der Waals surface area contributed by atoms with Crippen molar-refractivity contribution < 1.29 is 0 Å². The molecule has 0 bridgehead atoms. The number of aryl methyl sites for hydroxylation is 1. The number of nitrogens with zero attached hydrogens (tertiary/aromatic N) is 7. The quantitative estimate of drug-likeness (QED) is 0.168. The van der Waals surface area contributed by atoms with Gasteiger partial charge in [-0.25, -0.2) is 9.67 Å². The molecule has 0 atom stereocenters. The zero-order valence-electron chi connectivity index (χ0n) is 26.8. The second kappa shape index (κ2) is 12.2. The van der Waals surface area contributed by atoms with Crippen LogP contribution in [0.3, 0.4) is 0 Å². The zero-order valence-corrected chi connectivity index (χ0v) is 26.8. The van der Waals surface area contributed by atoms with Gasteiger partial charge in [0.1, 0.15) is 16.9 Å². The van der Waals surface area contributed by atoms with Gasteiger partial charge in [0.2, 0.25) is 0 Å². The maximum Gasteiger partial charge on any atom is 0.182 e. The van der Waals surface area contributed by atoms with Crippen LogP contribution in [0.15, 0.2) is 140 Å². The van der Waals surface area contributed by atoms with E-state index in [4.69, 9.17) is 20.4 Å². The van der Waals surface area contributed by atoms with Crippen LogP contribution in [0.4, 0.5) is 5.82 Å². The van der Waals surface area contributed by atoms with Crippen LogP contribution in [-0.2, 0) is 18.5 Å². The van der Waals surface area contributed by atoms with Crippen molar-refractivity contribution in [2.24, 2.45) is 0 Å². The molecule has 0 saturated carbocycles. The Bertz CT molecular complexity index is 2250. The lowest BCUT2D eigenvalue weighted by Gasteiger charge is -2.36. The first kappa shape index (κ1) is 29.3. The summed E-state index contributed by atoms with van der Waals surface area (Å²) in [6, 6.07) is 42.1. The first-order valence-corrected chi connectivity index (χ1v) is 16.1. The van der Waals surface area contributed by atoms with Crippen LogP contribution in [-0.4, -0.2) is 41.8 Å². The predicted octanol–water partition coefficient (Wildman–Crippen LogP) is 7.40. The van der Waals surface area contributed by atoms with Crippen LogP contribution in [0.25, 0.3) is 21.9 Å². The molecule has 0 aliphatic rings. The van der Waals surface area contributed by atoms with Crippen molar-refractivity contribution in [2.75, 3.05) is 12.4 Å². The fourth-order valence-corrected chi connectivity index (χ4v) is 6.81. The highest BCUT2D eigenvalue weighted by Gasteiger charge is 2.41. The molecule has 8 rings (SSSR count). The lowest BCUT2D eigenvalue weighted by atomic mass is 9.77. The van der Waals surface area contributed by atoms with E-state index in [1.807, 2.05) is 60.0 Å². The summed E-state index contributed by atoms with van der Waals surface area (Å²) in [7, 11) is 1.89. The third kappa shape index (κ3) is 5.08. The summed E-state index contributed by atoms with van der Waals surface area (Å²) < 4.78 is 3.98. The predicted molar refractivity (Wildman–Crippen MR) is 190 cm³/mol. The molecule has 48 heavy (non-hydrogen) atoms. The van der Waals surface area contributed by atoms with E-state index in [0.717, 1.165) is 44.8 Å². The Morgan fingerprint density at radius 2 is 1.42 bits per heavy atom. The third-order valence-electron chi connectivity index (χ3n) is 9.09. The highest BCUT2D eigenvalue weighted by Crippen LogP contribution is 2.42. The molecule has 0 spiro atoms. The van der Waals surface area contributed by atoms with Crippen molar-refractivity contribution in [1.29, 1.82) is 0 Å². The highest BCUT2D eigenvalue weighted by molar-refractivity contribution is 5.85. The summed E-state index contributed by atoms with van der Waals surface area (Å²) in [4.78, 5) is 9.56. The van der Waals surface area contributed by atoms with Crippen molar-refractivity contribution in [3.05, 3.63) is 179 Å². The fraction of sp³-hybridized carbons (Fsp3) is 0.125. The molecule has 0 saturated heterocycles. The van der Waals surface area contributed by atoms with E-state index in [1.165, 1.54) is 16.3 Å². The SMILES string of the molecule is CNc1cc(Cc2cnn(Cc3ccc4ccnc(C)c4c3)c2)c2nnn(C(c3ccccc3)(c3ccccc3)c3ccccc3)c2n1. The fourth-order valence-electron chi connectivity index (χ4n) is 6.81. The molecule has 0 aliphatic carbocycles. The van der Waals surface area contributed by atoms with Crippen LogP contribution in [0.1, 0.15) is 39.1 Å². The Kier molecular flexibility index (Phi) is 7.45. The first-order valence-electron chi connectivity index (χ1n) is 16.1. The molecule has 0 unspecified atom stereocenters. The molecule has 0 amide bonds. The smallest absolute Gasteiger partial charge is 0.182 e. The van der Waals surface area contributed by atoms with Gasteiger partial charge < -0.3 is 5.32 Å². The van der Waals surface area contributed by atoms with Gasteiger partial charge in [0.05, 0.1) is 12.7 Å². The van der Waals surface area contributed by atoms with Gasteiger partial charge in [-0.2, -0.15) is 5.10 Å². The number of fused-ring (bicyclic) bond motifs is 2. The number of rotatable bonds is 9. The van der Waals surface area contributed by atoms with Crippen LogP contribution < -0.4 is 5.32 Å². The van der Waals surface area contributed by atoms with Gasteiger partial charge in [0.15, 0.2) is 5.65 Å². The minimum Gasteiger partial charge on any atom is -0.373 e. The Morgan fingerprint density at radius 1 is 0.750 bits per heavy atom. The summed E-state index contributed by atoms with van der Waals surface area (Å²) in [6.07, 6.45) is 6.53. The number of aromatic nitrogens is 7. The zero-order chi connectivity index (χ0) is 32.5. The van der Waals surface area contributed by atoms with Gasteiger partial charge in [-0.3, -0.25) is 9.67 Å². The molecule has 8 heteroatoms. The Morgan fingerprint density at radius 3 is 2.06 bits per heavy atom. The van der Waals surface area contributed by atoms with Crippen LogP contribution in [0.2, 0.25) is 0 Å². The molecular formula is C40H34N8. The minimum atomic E-state index is -0.826. The topological polar surface area (TPSA) is 86.3 Å². The van der Waals surface area contributed by atoms with E-state index >= 15 is 0 Å². The number of hydrogen-bond acceptors (Lipinski definition) is 6. The highest BCUT2D eigenvalue weighted by atomic mass is 15.5. The average molecular weight is 627 g/mol. The molecule has 4 heterocycles. The summed E-state index contributed by atoms with van der Waals surface area (Å²) in [5.41, 5.74) is 8.13. The second-order valence-corrected chi connectivity index (χ2v) is 12.1. The van der Waals surface area contributed by atoms with Crippen molar-refractivity contribution in [3.63, 3.8) is 0 Å². The minimum absolute atomic E-state index is 0.627. The first-order chi connectivity index (χ1) is 23.6. The summed E-state index contributed by atoms with van der Waals surface area (Å²) in [5.74, 6) is 0.747. The lowest BCUT2D eigenvalue weighted by molar-refractivity contribution is 0.458. The van der Waals surface area contributed by atoms with Gasteiger partial charge in [-0.1, -0.05) is 108 Å². The number of anilines is 1. The van der Waals surface area contributed by atoms with Crippen molar-refractivity contribution in [1.82, 2.24) is 34.7 Å². The second-order valence-electron chi connectivity index (χ2n) is 12.1. The third-order valence-corrected chi connectivity index (χ3v) is 9.09. The largest absolute Gasteiger partial charge is 0.373 e. The summed E-state index contributed by atoms with van der Waals surface area (Å²) in [5, 5.41) is 20.1. The van der Waals surface area contributed by atoms with Crippen LogP contribution >= 0.6 is 0 Å². The van der Waals surface area contributed by atoms with E-state index in [2.05, 4.69) is 114 Å². The maximum atomic E-state index is 5.09. The maximum absolute atomic E-state index is 5.09. The van der Waals surface area contributed by atoms with E-state index in [0.29, 0.717) is 18.6 Å². The van der Waals surface area contributed by atoms with Gasteiger partial charge in [0, 0.05) is 36.9 Å². The summed E-state index contributed by atoms with van der Waals surface area (Å²) in [6.45, 7) is 2.72. The molecule has 234 valence electrons. The standard InChI is InChI=1S/C40H34N8/c1-28-36-23-29(18-19-31(36)20-21-42-28)26-47-27-30(25-43-47)22-32-24-37(41-2)44-39-38(32)45-46-48(39)40(33-12-6-3-7-13-33,34-14-8-4-9-15-34)35-16-10-5-11-17-35/h3-21,23-25,27H,22,26H2,1-2H3,(H,41,44). The van der Waals surface area contributed by atoms with Crippen molar-refractivity contribution in [2.45, 2.75) is 25.4 Å². The van der Waals surface area contributed by atoms with Crippen LogP contribution in [0.5, 0.6) is 0 Å². The van der Waals surface area contributed by atoms with E-state index in [-0.39, 0.29) is 0 Å². The summed E-state index contributed by atoms with van der Waals surface area (Å²) >= 11 is 0. The van der Waals surface area contributed by atoms with Gasteiger partial charge in [-0.15, -0.1) is 5.10 Å². The van der Waals surface area contributed by atoms with Gasteiger partial charge >= 0.3 is 0 Å². The molecule has 1 N–H and O–H groups in total. The molecule has 8 aromatic rings. The number of nitrogens with one attached hydrogen (secondary N) is 1. The number of benzene rings is 4. The lowest BCUT2D eigenvalue weighted by Crippen LogP contribution is -2.39.